The topological polar surface area (TPSA) is 103 Å². The Morgan fingerprint density at radius 3 is 2.66 bits per heavy atom. The van der Waals surface area contributed by atoms with Crippen molar-refractivity contribution in [2.24, 2.45) is 0 Å². The molecular formula is C20H20N2O6S. The molecule has 1 aromatic carbocycles. The molecule has 2 heterocycles. The summed E-state index contributed by atoms with van der Waals surface area (Å²) < 4.78 is 15.1. The van der Waals surface area contributed by atoms with E-state index >= 15 is 0 Å². The molecule has 2 N–H and O–H groups in total. The van der Waals surface area contributed by atoms with Crippen LogP contribution in [0.4, 0.5) is 9.80 Å². The summed E-state index contributed by atoms with van der Waals surface area (Å²) in [5.41, 5.74) is 1.62. The van der Waals surface area contributed by atoms with E-state index in [0.29, 0.717) is 27.6 Å². The van der Waals surface area contributed by atoms with Crippen LogP contribution in [0.2, 0.25) is 0 Å². The van der Waals surface area contributed by atoms with Crippen molar-refractivity contribution in [3.05, 3.63) is 39.8 Å². The number of nitrogens with one attached hydrogen (secondary N) is 2. The lowest BCUT2D eigenvalue weighted by molar-refractivity contribution is 0.0937. The van der Waals surface area contributed by atoms with Crippen LogP contribution < -0.4 is 20.1 Å². The summed E-state index contributed by atoms with van der Waals surface area (Å²) in [6.45, 7) is 0.121. The summed E-state index contributed by atoms with van der Waals surface area (Å²) in [5, 5.41) is 5.48. The van der Waals surface area contributed by atoms with E-state index in [4.69, 9.17) is 9.47 Å². The number of aryl methyl sites for hydroxylation is 1. The lowest BCUT2D eigenvalue weighted by atomic mass is 10.0. The first kappa shape index (κ1) is 19.3. The van der Waals surface area contributed by atoms with Crippen molar-refractivity contribution in [3.8, 4) is 11.5 Å². The monoisotopic (exact) mass is 416 g/mol. The predicted molar refractivity (Wildman–Crippen MR) is 106 cm³/mol. The Balaban J connectivity index is 1.64. The minimum Gasteiger partial charge on any atom is -0.454 e. The molecule has 8 nitrogen and oxygen atoms in total. The number of hydrogen-bond donors (Lipinski definition) is 2. The Morgan fingerprint density at radius 2 is 1.83 bits per heavy atom. The Morgan fingerprint density at radius 1 is 1.03 bits per heavy atom. The number of benzene rings is 1. The molecule has 1 aromatic heterocycles. The molecule has 3 amide bonds. The van der Waals surface area contributed by atoms with Gasteiger partial charge in [-0.1, -0.05) is 6.42 Å². The van der Waals surface area contributed by atoms with Gasteiger partial charge in [-0.25, -0.2) is 4.79 Å². The molecule has 152 valence electrons. The Bertz CT molecular complexity index is 984. The van der Waals surface area contributed by atoms with Crippen molar-refractivity contribution in [2.75, 3.05) is 19.2 Å². The third kappa shape index (κ3) is 3.91. The highest BCUT2D eigenvalue weighted by atomic mass is 32.1. The third-order valence-electron chi connectivity index (χ3n) is 4.91. The van der Waals surface area contributed by atoms with Crippen LogP contribution in [0.5, 0.6) is 11.5 Å². The lowest BCUT2D eigenvalue weighted by Gasteiger charge is -2.09. The SMILES string of the molecule is COC(=O)NC(=O)c1c(NC(=O)c2ccc3c(c2)OCO3)sc2c1CCCCC2. The van der Waals surface area contributed by atoms with Crippen LogP contribution in [0.3, 0.4) is 0 Å². The summed E-state index contributed by atoms with van der Waals surface area (Å²) in [5.74, 6) is 0.148. The van der Waals surface area contributed by atoms with E-state index in [1.807, 2.05) is 0 Å². The molecule has 0 saturated carbocycles. The third-order valence-corrected chi connectivity index (χ3v) is 6.12. The van der Waals surface area contributed by atoms with Crippen LogP contribution in [-0.2, 0) is 17.6 Å². The zero-order valence-corrected chi connectivity index (χ0v) is 16.6. The number of amides is 3. The van der Waals surface area contributed by atoms with E-state index in [1.54, 1.807) is 18.2 Å². The van der Waals surface area contributed by atoms with Gasteiger partial charge in [-0.15, -0.1) is 11.3 Å². The summed E-state index contributed by atoms with van der Waals surface area (Å²) in [4.78, 5) is 38.2. The molecule has 4 rings (SSSR count). The second-order valence-corrected chi connectivity index (χ2v) is 7.84. The zero-order chi connectivity index (χ0) is 20.4. The number of anilines is 1. The largest absolute Gasteiger partial charge is 0.454 e. The average Bonchev–Trinajstić information content (AvgIpc) is 3.25. The number of rotatable bonds is 3. The van der Waals surface area contributed by atoms with Gasteiger partial charge in [-0.05, 0) is 49.4 Å². The molecule has 1 aliphatic carbocycles. The summed E-state index contributed by atoms with van der Waals surface area (Å²) in [6.07, 6.45) is 3.81. The van der Waals surface area contributed by atoms with Crippen molar-refractivity contribution in [1.29, 1.82) is 0 Å². The standard InChI is InChI=1S/C20H20N2O6S/c1-26-20(25)22-18(24)16-12-5-3-2-4-6-15(12)29-19(16)21-17(23)11-7-8-13-14(9-11)28-10-27-13/h7-9H,2-6,10H2,1H3,(H,21,23)(H,22,24,25). The fourth-order valence-corrected chi connectivity index (χ4v) is 4.77. The van der Waals surface area contributed by atoms with E-state index in [0.717, 1.165) is 42.5 Å². The molecule has 0 saturated heterocycles. The molecule has 0 fully saturated rings. The van der Waals surface area contributed by atoms with Crippen molar-refractivity contribution in [1.82, 2.24) is 5.32 Å². The maximum atomic E-state index is 12.8. The van der Waals surface area contributed by atoms with Crippen molar-refractivity contribution >= 4 is 34.2 Å². The molecule has 0 atom stereocenters. The highest BCUT2D eigenvalue weighted by Crippen LogP contribution is 2.38. The maximum Gasteiger partial charge on any atom is 0.413 e. The van der Waals surface area contributed by atoms with Gasteiger partial charge >= 0.3 is 6.09 Å². The number of fused-ring (bicyclic) bond motifs is 2. The van der Waals surface area contributed by atoms with Crippen molar-refractivity contribution in [3.63, 3.8) is 0 Å². The minimum absolute atomic E-state index is 0.121. The molecule has 0 spiro atoms. The molecule has 9 heteroatoms. The van der Waals surface area contributed by atoms with Crippen LogP contribution in [0.25, 0.3) is 0 Å². The van der Waals surface area contributed by atoms with E-state index in [1.165, 1.54) is 18.4 Å². The van der Waals surface area contributed by atoms with Gasteiger partial charge < -0.3 is 19.5 Å². The Hall–Kier alpha value is -3.07. The molecule has 1 aliphatic heterocycles. The Kier molecular flexibility index (Phi) is 5.39. The highest BCUT2D eigenvalue weighted by molar-refractivity contribution is 7.17. The van der Waals surface area contributed by atoms with Gasteiger partial charge in [0.25, 0.3) is 11.8 Å². The van der Waals surface area contributed by atoms with E-state index in [9.17, 15) is 14.4 Å². The first-order valence-corrected chi connectivity index (χ1v) is 10.1. The molecule has 2 aromatic rings. The van der Waals surface area contributed by atoms with Crippen LogP contribution in [-0.4, -0.2) is 31.8 Å². The van der Waals surface area contributed by atoms with Crippen LogP contribution >= 0.6 is 11.3 Å². The number of methoxy groups -OCH3 is 1. The fraction of sp³-hybridized carbons (Fsp3) is 0.350. The smallest absolute Gasteiger partial charge is 0.413 e. The second-order valence-electron chi connectivity index (χ2n) is 6.74. The molecule has 29 heavy (non-hydrogen) atoms. The van der Waals surface area contributed by atoms with Gasteiger partial charge in [0.2, 0.25) is 6.79 Å². The number of thiophene rings is 1. The van der Waals surface area contributed by atoms with Gasteiger partial charge in [-0.3, -0.25) is 14.9 Å². The number of carbonyl (C=O) groups is 3. The summed E-state index contributed by atoms with van der Waals surface area (Å²) in [7, 11) is 1.19. The number of ether oxygens (including phenoxy) is 3. The molecule has 0 unspecified atom stereocenters. The molecule has 0 radical (unpaired) electrons. The Labute approximate surface area is 171 Å². The summed E-state index contributed by atoms with van der Waals surface area (Å²) in [6, 6.07) is 4.91. The highest BCUT2D eigenvalue weighted by Gasteiger charge is 2.27. The van der Waals surface area contributed by atoms with Gasteiger partial charge in [0.05, 0.1) is 12.7 Å². The first-order valence-electron chi connectivity index (χ1n) is 9.31. The predicted octanol–water partition coefficient (Wildman–Crippen LogP) is 3.49. The van der Waals surface area contributed by atoms with Crippen molar-refractivity contribution < 1.29 is 28.6 Å². The van der Waals surface area contributed by atoms with Crippen molar-refractivity contribution in [2.45, 2.75) is 32.1 Å². The first-order chi connectivity index (χ1) is 14.1. The molecular weight excluding hydrogens is 396 g/mol. The van der Waals surface area contributed by atoms with Gasteiger partial charge in [-0.2, -0.15) is 0 Å². The minimum atomic E-state index is -0.836. The fourth-order valence-electron chi connectivity index (χ4n) is 3.49. The maximum absolute atomic E-state index is 12.8. The van der Waals surface area contributed by atoms with Crippen LogP contribution in [0, 0.1) is 0 Å². The molecule has 0 bridgehead atoms. The quantitative estimate of drug-likeness (QED) is 0.743. The number of hydrogen-bond acceptors (Lipinski definition) is 7. The summed E-state index contributed by atoms with van der Waals surface area (Å²) >= 11 is 1.39. The van der Waals surface area contributed by atoms with Gasteiger partial charge in [0.1, 0.15) is 5.00 Å². The van der Waals surface area contributed by atoms with Crippen LogP contribution in [0.15, 0.2) is 18.2 Å². The van der Waals surface area contributed by atoms with E-state index < -0.39 is 12.0 Å². The average molecular weight is 416 g/mol. The van der Waals surface area contributed by atoms with Gasteiger partial charge in [0.15, 0.2) is 11.5 Å². The number of imide groups is 1. The number of alkyl carbamates (subject to hydrolysis) is 1. The second kappa shape index (κ2) is 8.12. The van der Waals surface area contributed by atoms with E-state index in [2.05, 4.69) is 15.4 Å². The lowest BCUT2D eigenvalue weighted by Crippen LogP contribution is -2.31. The van der Waals surface area contributed by atoms with Gasteiger partial charge in [0, 0.05) is 10.4 Å². The van der Waals surface area contributed by atoms with Crippen LogP contribution in [0.1, 0.15) is 50.4 Å². The molecule has 2 aliphatic rings. The zero-order valence-electron chi connectivity index (χ0n) is 15.8. The number of carbonyl (C=O) groups excluding carboxylic acids is 3. The normalized spacial score (nSPS) is 14.5. The van der Waals surface area contributed by atoms with E-state index in [-0.39, 0.29) is 12.7 Å².